The van der Waals surface area contributed by atoms with E-state index in [0.29, 0.717) is 11.9 Å². The van der Waals surface area contributed by atoms with Crippen LogP contribution in [0.2, 0.25) is 0 Å². The lowest BCUT2D eigenvalue weighted by Gasteiger charge is -2.22. The second kappa shape index (κ2) is 5.25. The van der Waals surface area contributed by atoms with E-state index in [-0.39, 0.29) is 0 Å². The van der Waals surface area contributed by atoms with E-state index < -0.39 is 10.8 Å². The Morgan fingerprint density at radius 2 is 2.19 bits per heavy atom. The van der Waals surface area contributed by atoms with Gasteiger partial charge in [0.25, 0.3) is 0 Å². The van der Waals surface area contributed by atoms with E-state index in [1.54, 1.807) is 13.2 Å². The van der Waals surface area contributed by atoms with Crippen molar-refractivity contribution in [3.05, 3.63) is 12.4 Å². The standard InChI is InChI=1S/C10H15N3O2S/c1-15-10-6-9(11-7-12-10)13-8-2-4-16(14)5-3-8/h6-8H,2-5H2,1H3,(H,11,12,13). The maximum Gasteiger partial charge on any atom is 0.218 e. The van der Waals surface area contributed by atoms with Crippen molar-refractivity contribution in [3.63, 3.8) is 0 Å². The zero-order chi connectivity index (χ0) is 11.4. The van der Waals surface area contributed by atoms with Crippen LogP contribution in [0, 0.1) is 0 Å². The molecule has 1 aromatic rings. The average Bonchev–Trinajstić information content (AvgIpc) is 2.32. The van der Waals surface area contributed by atoms with Gasteiger partial charge in [-0.15, -0.1) is 0 Å². The van der Waals surface area contributed by atoms with Crippen LogP contribution in [0.4, 0.5) is 5.82 Å². The molecule has 16 heavy (non-hydrogen) atoms. The Labute approximate surface area is 97.1 Å². The maximum absolute atomic E-state index is 11.2. The van der Waals surface area contributed by atoms with Gasteiger partial charge < -0.3 is 10.1 Å². The molecule has 2 heterocycles. The molecule has 0 atom stereocenters. The number of hydrogen-bond acceptors (Lipinski definition) is 5. The smallest absolute Gasteiger partial charge is 0.218 e. The summed E-state index contributed by atoms with van der Waals surface area (Å²) in [5.74, 6) is 2.88. The van der Waals surface area contributed by atoms with Crippen LogP contribution >= 0.6 is 0 Å². The molecule has 6 heteroatoms. The molecule has 1 N–H and O–H groups in total. The van der Waals surface area contributed by atoms with Gasteiger partial charge in [0.05, 0.1) is 7.11 Å². The highest BCUT2D eigenvalue weighted by Gasteiger charge is 2.17. The molecule has 1 aliphatic rings. The number of aromatic nitrogens is 2. The lowest BCUT2D eigenvalue weighted by molar-refractivity contribution is 0.397. The number of nitrogens with zero attached hydrogens (tertiary/aromatic N) is 2. The van der Waals surface area contributed by atoms with Gasteiger partial charge in [-0.05, 0) is 12.8 Å². The molecule has 0 spiro atoms. The monoisotopic (exact) mass is 241 g/mol. The topological polar surface area (TPSA) is 64.1 Å². The van der Waals surface area contributed by atoms with Crippen LogP contribution in [0.15, 0.2) is 12.4 Å². The van der Waals surface area contributed by atoms with Gasteiger partial charge in [-0.25, -0.2) is 9.97 Å². The third kappa shape index (κ3) is 2.91. The minimum atomic E-state index is -0.622. The molecule has 0 aliphatic carbocycles. The van der Waals surface area contributed by atoms with Crippen LogP contribution in [0.3, 0.4) is 0 Å². The highest BCUT2D eigenvalue weighted by atomic mass is 32.2. The van der Waals surface area contributed by atoms with Crippen LogP contribution in [0.25, 0.3) is 0 Å². The Morgan fingerprint density at radius 1 is 1.44 bits per heavy atom. The number of hydrogen-bond donors (Lipinski definition) is 1. The Hall–Kier alpha value is -1.17. The van der Waals surface area contributed by atoms with Crippen LogP contribution in [0.5, 0.6) is 5.88 Å². The second-order valence-corrected chi connectivity index (χ2v) is 5.41. The van der Waals surface area contributed by atoms with Gasteiger partial charge in [0.15, 0.2) is 0 Å². The van der Waals surface area contributed by atoms with Gasteiger partial charge >= 0.3 is 0 Å². The lowest BCUT2D eigenvalue weighted by Crippen LogP contribution is -2.29. The molecule has 0 unspecified atom stereocenters. The molecular weight excluding hydrogens is 226 g/mol. The van der Waals surface area contributed by atoms with Crippen molar-refractivity contribution in [3.8, 4) is 5.88 Å². The summed E-state index contributed by atoms with van der Waals surface area (Å²) in [7, 11) is 0.957. The molecule has 1 fully saturated rings. The van der Waals surface area contributed by atoms with Crippen molar-refractivity contribution in [2.24, 2.45) is 0 Å². The molecule has 2 rings (SSSR count). The fourth-order valence-corrected chi connectivity index (χ4v) is 2.98. The van der Waals surface area contributed by atoms with Gasteiger partial charge in [0.2, 0.25) is 5.88 Å². The number of nitrogens with one attached hydrogen (secondary N) is 1. The van der Waals surface area contributed by atoms with Crippen LogP contribution < -0.4 is 10.1 Å². The minimum Gasteiger partial charge on any atom is -0.481 e. The predicted molar refractivity (Wildman–Crippen MR) is 63.1 cm³/mol. The molecule has 0 aromatic carbocycles. The van der Waals surface area contributed by atoms with Crippen LogP contribution in [0.1, 0.15) is 12.8 Å². The molecule has 0 bridgehead atoms. The van der Waals surface area contributed by atoms with Crippen molar-refractivity contribution < 1.29 is 8.95 Å². The molecule has 1 saturated heterocycles. The Morgan fingerprint density at radius 3 is 2.88 bits per heavy atom. The molecule has 1 aromatic heterocycles. The molecule has 88 valence electrons. The zero-order valence-electron chi connectivity index (χ0n) is 9.18. The summed E-state index contributed by atoms with van der Waals surface area (Å²) in [6.45, 7) is 0. The minimum absolute atomic E-state index is 0.359. The summed E-state index contributed by atoms with van der Waals surface area (Å²) in [6.07, 6.45) is 3.33. The van der Waals surface area contributed by atoms with E-state index in [4.69, 9.17) is 4.74 Å². The largest absolute Gasteiger partial charge is 0.481 e. The van der Waals surface area contributed by atoms with Gasteiger partial charge in [-0.1, -0.05) is 0 Å². The fraction of sp³-hybridized carbons (Fsp3) is 0.600. The second-order valence-electron chi connectivity index (χ2n) is 3.71. The van der Waals surface area contributed by atoms with Crippen molar-refractivity contribution in [1.29, 1.82) is 0 Å². The molecule has 5 nitrogen and oxygen atoms in total. The lowest BCUT2D eigenvalue weighted by atomic mass is 10.1. The third-order valence-corrected chi connectivity index (χ3v) is 3.97. The summed E-state index contributed by atoms with van der Waals surface area (Å²) >= 11 is 0. The van der Waals surface area contributed by atoms with Gasteiger partial charge in [-0.3, -0.25) is 4.21 Å². The van der Waals surface area contributed by atoms with E-state index in [2.05, 4.69) is 15.3 Å². The summed E-state index contributed by atoms with van der Waals surface area (Å²) in [5.41, 5.74) is 0. The first kappa shape index (κ1) is 11.3. The van der Waals surface area contributed by atoms with E-state index in [1.165, 1.54) is 6.33 Å². The highest BCUT2D eigenvalue weighted by Crippen LogP contribution is 2.16. The first-order valence-electron chi connectivity index (χ1n) is 5.25. The number of rotatable bonds is 3. The van der Waals surface area contributed by atoms with E-state index >= 15 is 0 Å². The summed E-state index contributed by atoms with van der Waals surface area (Å²) in [6, 6.07) is 2.13. The van der Waals surface area contributed by atoms with E-state index in [9.17, 15) is 4.21 Å². The Kier molecular flexibility index (Phi) is 3.71. The average molecular weight is 241 g/mol. The Bertz CT molecular complexity index is 376. The quantitative estimate of drug-likeness (QED) is 0.848. The van der Waals surface area contributed by atoms with Crippen molar-refractivity contribution in [2.75, 3.05) is 23.9 Å². The van der Waals surface area contributed by atoms with Crippen LogP contribution in [-0.4, -0.2) is 38.8 Å². The molecule has 0 saturated carbocycles. The zero-order valence-corrected chi connectivity index (χ0v) is 10.00. The predicted octanol–water partition coefficient (Wildman–Crippen LogP) is 0.808. The van der Waals surface area contributed by atoms with Crippen LogP contribution in [-0.2, 0) is 10.8 Å². The number of methoxy groups -OCH3 is 1. The van der Waals surface area contributed by atoms with Gasteiger partial charge in [-0.2, -0.15) is 0 Å². The highest BCUT2D eigenvalue weighted by molar-refractivity contribution is 7.85. The maximum atomic E-state index is 11.2. The van der Waals surface area contributed by atoms with E-state index in [0.717, 1.165) is 30.2 Å². The molecular formula is C10H15N3O2S. The van der Waals surface area contributed by atoms with Gasteiger partial charge in [0, 0.05) is 34.4 Å². The third-order valence-electron chi connectivity index (χ3n) is 2.59. The van der Waals surface area contributed by atoms with Crippen molar-refractivity contribution in [1.82, 2.24) is 9.97 Å². The molecule has 1 aliphatic heterocycles. The van der Waals surface area contributed by atoms with Gasteiger partial charge in [0.1, 0.15) is 12.1 Å². The van der Waals surface area contributed by atoms with Crippen molar-refractivity contribution in [2.45, 2.75) is 18.9 Å². The van der Waals surface area contributed by atoms with E-state index in [1.807, 2.05) is 0 Å². The summed E-state index contributed by atoms with van der Waals surface area (Å²) < 4.78 is 16.2. The Balaban J connectivity index is 1.95. The SMILES string of the molecule is COc1cc(NC2CCS(=O)CC2)ncn1. The number of anilines is 1. The number of ether oxygens (including phenoxy) is 1. The molecule has 0 radical (unpaired) electrons. The summed E-state index contributed by atoms with van der Waals surface area (Å²) in [4.78, 5) is 8.06. The normalized spacial score (nSPS) is 25.1. The summed E-state index contributed by atoms with van der Waals surface area (Å²) in [5, 5.41) is 3.31. The fourth-order valence-electron chi connectivity index (χ4n) is 1.68. The van der Waals surface area contributed by atoms with Crippen molar-refractivity contribution >= 4 is 16.6 Å². The first-order chi connectivity index (χ1) is 7.78. The molecule has 0 amide bonds. The first-order valence-corrected chi connectivity index (χ1v) is 6.74.